The lowest BCUT2D eigenvalue weighted by Gasteiger charge is -2.14. The van der Waals surface area contributed by atoms with Gasteiger partial charge in [0.2, 0.25) is 0 Å². The molecule has 2 aromatic heterocycles. The molecule has 6 nitrogen and oxygen atoms in total. The van der Waals surface area contributed by atoms with Crippen molar-refractivity contribution >= 4 is 23.1 Å². The zero-order chi connectivity index (χ0) is 17.3. The van der Waals surface area contributed by atoms with E-state index >= 15 is 0 Å². The number of ether oxygens (including phenoxy) is 1. The molecule has 0 aliphatic heterocycles. The zero-order valence-electron chi connectivity index (χ0n) is 12.9. The first-order valence-corrected chi connectivity index (χ1v) is 7.75. The molecule has 0 aliphatic rings. The van der Waals surface area contributed by atoms with Gasteiger partial charge in [-0.2, -0.15) is 0 Å². The van der Waals surface area contributed by atoms with Crippen molar-refractivity contribution in [3.63, 3.8) is 0 Å². The van der Waals surface area contributed by atoms with Gasteiger partial charge < -0.3 is 9.84 Å². The van der Waals surface area contributed by atoms with Gasteiger partial charge in [-0.15, -0.1) is 0 Å². The quantitative estimate of drug-likeness (QED) is 0.737. The summed E-state index contributed by atoms with van der Waals surface area (Å²) in [5.74, 6) is -1.23. The predicted molar refractivity (Wildman–Crippen MR) is 89.8 cm³/mol. The number of hydrogen-bond donors (Lipinski definition) is 1. The van der Waals surface area contributed by atoms with Crippen molar-refractivity contribution in [3.05, 3.63) is 69.1 Å². The smallest absolute Gasteiger partial charge is 0.347 e. The largest absolute Gasteiger partial charge is 0.505 e. The van der Waals surface area contributed by atoms with Crippen LogP contribution in [0, 0.1) is 0 Å². The molecule has 124 valence electrons. The van der Waals surface area contributed by atoms with Gasteiger partial charge in [0.15, 0.2) is 11.3 Å². The summed E-state index contributed by atoms with van der Waals surface area (Å²) in [4.78, 5) is 24.8. The monoisotopic (exact) mass is 346 g/mol. The van der Waals surface area contributed by atoms with Gasteiger partial charge in [0, 0.05) is 11.2 Å². The van der Waals surface area contributed by atoms with Crippen molar-refractivity contribution in [2.45, 2.75) is 13.5 Å². The molecule has 0 fully saturated rings. The molecule has 2 heterocycles. The summed E-state index contributed by atoms with van der Waals surface area (Å²) in [5, 5.41) is 10.8. The normalized spacial score (nSPS) is 10.9. The van der Waals surface area contributed by atoms with Crippen molar-refractivity contribution in [2.75, 3.05) is 6.61 Å². The summed E-state index contributed by atoms with van der Waals surface area (Å²) in [6, 6.07) is 10.4. The van der Waals surface area contributed by atoms with Crippen LogP contribution in [0.2, 0.25) is 5.02 Å². The molecule has 0 amide bonds. The Morgan fingerprint density at radius 1 is 1.29 bits per heavy atom. The Morgan fingerprint density at radius 2 is 2.08 bits per heavy atom. The number of hydrogen-bond acceptors (Lipinski definition) is 4. The highest BCUT2D eigenvalue weighted by Crippen LogP contribution is 2.22. The van der Waals surface area contributed by atoms with Crippen LogP contribution in [0.5, 0.6) is 5.75 Å². The van der Waals surface area contributed by atoms with Crippen LogP contribution in [0.3, 0.4) is 0 Å². The Hall–Kier alpha value is -2.73. The van der Waals surface area contributed by atoms with Gasteiger partial charge in [0.25, 0.3) is 5.56 Å². The van der Waals surface area contributed by atoms with Gasteiger partial charge in [-0.1, -0.05) is 23.7 Å². The van der Waals surface area contributed by atoms with E-state index in [-0.39, 0.29) is 24.5 Å². The molecule has 24 heavy (non-hydrogen) atoms. The van der Waals surface area contributed by atoms with Gasteiger partial charge in [0.05, 0.1) is 13.2 Å². The molecule has 0 atom stereocenters. The Kier molecular flexibility index (Phi) is 4.31. The lowest BCUT2D eigenvalue weighted by molar-refractivity contribution is 0.0519. The minimum atomic E-state index is -0.844. The maximum atomic E-state index is 12.8. The first kappa shape index (κ1) is 16.1. The minimum Gasteiger partial charge on any atom is -0.505 e. The SMILES string of the molecule is CCOC(=O)c1c(O)c2cccn2n(Cc2cccc(Cl)c2)c1=O. The number of aromatic nitrogens is 2. The van der Waals surface area contributed by atoms with E-state index in [1.165, 1.54) is 9.20 Å². The standard InChI is InChI=1S/C17H15ClN2O4/c1-2-24-17(23)14-15(21)13-7-4-8-19(13)20(16(14)22)10-11-5-3-6-12(18)9-11/h3-9,21H,2,10H2,1H3. The van der Waals surface area contributed by atoms with Gasteiger partial charge >= 0.3 is 5.97 Å². The van der Waals surface area contributed by atoms with Gasteiger partial charge in [-0.05, 0) is 36.8 Å². The average Bonchev–Trinajstić information content (AvgIpc) is 3.02. The van der Waals surface area contributed by atoms with E-state index in [0.717, 1.165) is 5.56 Å². The predicted octanol–water partition coefficient (Wildman–Crippen LogP) is 2.69. The Bertz CT molecular complexity index is 974. The number of aromatic hydroxyl groups is 1. The first-order chi connectivity index (χ1) is 11.5. The maximum absolute atomic E-state index is 12.8. The summed E-state index contributed by atoms with van der Waals surface area (Å²) in [6.45, 7) is 1.94. The third kappa shape index (κ3) is 2.76. The summed E-state index contributed by atoms with van der Waals surface area (Å²) in [6.07, 6.45) is 1.63. The number of carbonyl (C=O) groups is 1. The molecular formula is C17H15ClN2O4. The topological polar surface area (TPSA) is 72.9 Å². The summed E-state index contributed by atoms with van der Waals surface area (Å²) < 4.78 is 7.75. The summed E-state index contributed by atoms with van der Waals surface area (Å²) in [5.41, 5.74) is 0.138. The van der Waals surface area contributed by atoms with Gasteiger partial charge in [0.1, 0.15) is 5.52 Å². The van der Waals surface area contributed by atoms with Crippen LogP contribution in [0.4, 0.5) is 0 Å². The molecule has 3 aromatic rings. The van der Waals surface area contributed by atoms with Crippen molar-refractivity contribution < 1.29 is 14.6 Å². The third-order valence-corrected chi connectivity index (χ3v) is 3.85. The van der Waals surface area contributed by atoms with E-state index < -0.39 is 11.5 Å². The van der Waals surface area contributed by atoms with E-state index in [1.807, 2.05) is 6.07 Å². The number of esters is 1. The lowest BCUT2D eigenvalue weighted by atomic mass is 10.2. The van der Waals surface area contributed by atoms with Crippen molar-refractivity contribution in [2.24, 2.45) is 0 Å². The number of carbonyl (C=O) groups excluding carboxylic acids is 1. The van der Waals surface area contributed by atoms with E-state index in [9.17, 15) is 14.7 Å². The van der Waals surface area contributed by atoms with Crippen molar-refractivity contribution in [1.29, 1.82) is 0 Å². The molecule has 7 heteroatoms. The van der Waals surface area contributed by atoms with Gasteiger partial charge in [-0.3, -0.25) is 9.31 Å². The second-order valence-electron chi connectivity index (χ2n) is 5.17. The molecule has 0 unspecified atom stereocenters. The number of halogens is 1. The molecule has 1 aromatic carbocycles. The summed E-state index contributed by atoms with van der Waals surface area (Å²) in [7, 11) is 0. The molecule has 1 N–H and O–H groups in total. The van der Waals surface area contributed by atoms with E-state index in [2.05, 4.69) is 0 Å². The molecule has 0 saturated heterocycles. The molecular weight excluding hydrogens is 332 g/mol. The van der Waals surface area contributed by atoms with Crippen molar-refractivity contribution in [1.82, 2.24) is 9.20 Å². The fourth-order valence-electron chi connectivity index (χ4n) is 2.57. The van der Waals surface area contributed by atoms with E-state index in [0.29, 0.717) is 10.5 Å². The number of fused-ring (bicyclic) bond motifs is 1. The zero-order valence-corrected chi connectivity index (χ0v) is 13.7. The molecule has 0 aliphatic carbocycles. The molecule has 0 bridgehead atoms. The van der Waals surface area contributed by atoms with E-state index in [1.54, 1.807) is 43.5 Å². The van der Waals surface area contributed by atoms with Crippen LogP contribution in [-0.4, -0.2) is 26.9 Å². The average molecular weight is 347 g/mol. The fourth-order valence-corrected chi connectivity index (χ4v) is 2.78. The molecule has 3 rings (SSSR count). The Labute approximate surface area is 142 Å². The van der Waals surface area contributed by atoms with Gasteiger partial charge in [-0.25, -0.2) is 9.48 Å². The van der Waals surface area contributed by atoms with Crippen molar-refractivity contribution in [3.8, 4) is 5.75 Å². The number of nitrogens with zero attached hydrogens (tertiary/aromatic N) is 2. The fraction of sp³-hybridized carbons (Fsp3) is 0.176. The minimum absolute atomic E-state index is 0.109. The van der Waals surface area contributed by atoms with Crippen LogP contribution in [0.1, 0.15) is 22.8 Å². The molecule has 0 radical (unpaired) electrons. The molecule has 0 spiro atoms. The van der Waals surface area contributed by atoms with Crippen LogP contribution in [0.15, 0.2) is 47.4 Å². The maximum Gasteiger partial charge on any atom is 0.347 e. The highest BCUT2D eigenvalue weighted by molar-refractivity contribution is 6.30. The third-order valence-electron chi connectivity index (χ3n) is 3.62. The lowest BCUT2D eigenvalue weighted by Crippen LogP contribution is -2.32. The van der Waals surface area contributed by atoms with Crippen LogP contribution in [-0.2, 0) is 11.3 Å². The van der Waals surface area contributed by atoms with Crippen LogP contribution >= 0.6 is 11.6 Å². The van der Waals surface area contributed by atoms with Crippen LogP contribution < -0.4 is 5.56 Å². The highest BCUT2D eigenvalue weighted by Gasteiger charge is 2.23. The second kappa shape index (κ2) is 6.41. The number of rotatable bonds is 4. The highest BCUT2D eigenvalue weighted by atomic mass is 35.5. The second-order valence-corrected chi connectivity index (χ2v) is 5.61. The molecule has 0 saturated carbocycles. The Balaban J connectivity index is 2.21. The summed E-state index contributed by atoms with van der Waals surface area (Å²) >= 11 is 5.99. The van der Waals surface area contributed by atoms with Crippen LogP contribution in [0.25, 0.3) is 5.52 Å². The first-order valence-electron chi connectivity index (χ1n) is 7.37. The van der Waals surface area contributed by atoms with E-state index in [4.69, 9.17) is 16.3 Å². The Morgan fingerprint density at radius 3 is 2.79 bits per heavy atom. The number of benzene rings is 1.